The van der Waals surface area contributed by atoms with Crippen LogP contribution in [-0.2, 0) is 20.7 Å². The van der Waals surface area contributed by atoms with Crippen molar-refractivity contribution in [1.29, 1.82) is 0 Å². The molecule has 1 saturated heterocycles. The zero-order valence-electron chi connectivity index (χ0n) is 26.0. The molecule has 3 N–H and O–H groups in total. The Bertz CT molecular complexity index is 1550. The van der Waals surface area contributed by atoms with Crippen LogP contribution in [0, 0.1) is 17.5 Å². The molecular formula is C33H36F3N3O8. The SMILES string of the molecule is CC(C)(C)OC(=O)N(c1ccc(F)cc1)[C@@H](Cc1ccc(F)cc1)C(=O)Nc1cccc(F)c1OC[C@@H]1CN(C(=O)O)[C@H](CO)CO1. The van der Waals surface area contributed by atoms with Crippen LogP contribution in [0.15, 0.2) is 66.7 Å². The number of benzene rings is 3. The average Bonchev–Trinajstić information content (AvgIpc) is 3.01. The third-order valence-electron chi connectivity index (χ3n) is 7.11. The first-order valence-corrected chi connectivity index (χ1v) is 14.7. The molecule has 0 spiro atoms. The monoisotopic (exact) mass is 659 g/mol. The number of para-hydroxylation sites is 1. The van der Waals surface area contributed by atoms with Crippen LogP contribution in [0.2, 0.25) is 0 Å². The summed E-state index contributed by atoms with van der Waals surface area (Å²) >= 11 is 0. The molecule has 0 radical (unpaired) electrons. The van der Waals surface area contributed by atoms with Crippen LogP contribution in [0.3, 0.4) is 0 Å². The Balaban J connectivity index is 1.65. The van der Waals surface area contributed by atoms with Crippen LogP contribution in [0.5, 0.6) is 5.75 Å². The van der Waals surface area contributed by atoms with Crippen molar-refractivity contribution in [3.63, 3.8) is 0 Å². The number of aliphatic hydroxyl groups excluding tert-OH is 1. The molecule has 47 heavy (non-hydrogen) atoms. The number of rotatable bonds is 10. The summed E-state index contributed by atoms with van der Waals surface area (Å²) in [7, 11) is 0. The van der Waals surface area contributed by atoms with Gasteiger partial charge < -0.3 is 29.7 Å². The van der Waals surface area contributed by atoms with Crippen LogP contribution >= 0.6 is 0 Å². The number of nitrogens with one attached hydrogen (secondary N) is 1. The van der Waals surface area contributed by atoms with Gasteiger partial charge in [0.2, 0.25) is 5.91 Å². The van der Waals surface area contributed by atoms with Crippen molar-refractivity contribution in [3.8, 4) is 5.75 Å². The Kier molecular flexibility index (Phi) is 11.3. The molecule has 252 valence electrons. The molecule has 0 aliphatic carbocycles. The van der Waals surface area contributed by atoms with Gasteiger partial charge in [0, 0.05) is 12.1 Å². The number of anilines is 2. The van der Waals surface area contributed by atoms with Crippen LogP contribution < -0.4 is 15.0 Å². The largest absolute Gasteiger partial charge is 0.486 e. The smallest absolute Gasteiger partial charge is 0.415 e. The van der Waals surface area contributed by atoms with Crippen molar-refractivity contribution in [2.45, 2.75) is 51.0 Å². The van der Waals surface area contributed by atoms with E-state index in [9.17, 15) is 33.4 Å². The van der Waals surface area contributed by atoms with Crippen molar-refractivity contribution in [1.82, 2.24) is 4.90 Å². The highest BCUT2D eigenvalue weighted by Gasteiger charge is 2.36. The Labute approximate surface area is 269 Å². The molecule has 1 fully saturated rings. The fourth-order valence-corrected chi connectivity index (χ4v) is 4.86. The molecule has 3 aromatic rings. The zero-order valence-corrected chi connectivity index (χ0v) is 26.0. The van der Waals surface area contributed by atoms with Gasteiger partial charge in [-0.05, 0) is 74.9 Å². The summed E-state index contributed by atoms with van der Waals surface area (Å²) in [6.45, 7) is 3.90. The fraction of sp³-hybridized carbons (Fsp3) is 0.364. The number of carbonyl (C=O) groups is 3. The van der Waals surface area contributed by atoms with Gasteiger partial charge in [-0.1, -0.05) is 18.2 Å². The van der Waals surface area contributed by atoms with E-state index in [0.29, 0.717) is 5.56 Å². The molecule has 3 amide bonds. The minimum atomic E-state index is -1.38. The van der Waals surface area contributed by atoms with E-state index in [1.807, 2.05) is 0 Å². The molecule has 1 heterocycles. The number of hydrogen-bond donors (Lipinski definition) is 3. The average molecular weight is 660 g/mol. The van der Waals surface area contributed by atoms with E-state index in [2.05, 4.69) is 5.32 Å². The van der Waals surface area contributed by atoms with Gasteiger partial charge in [0.15, 0.2) is 11.6 Å². The number of halogens is 3. The van der Waals surface area contributed by atoms with Crippen LogP contribution in [0.1, 0.15) is 26.3 Å². The Morgan fingerprint density at radius 2 is 1.66 bits per heavy atom. The van der Waals surface area contributed by atoms with Gasteiger partial charge in [0.1, 0.15) is 36.0 Å². The van der Waals surface area contributed by atoms with E-state index in [0.717, 1.165) is 28.0 Å². The maximum absolute atomic E-state index is 15.1. The summed E-state index contributed by atoms with van der Waals surface area (Å²) in [5.74, 6) is -3.13. The standard InChI is InChI=1S/C33H36F3N3O8/c1-33(2,3)47-32(44)39(23-13-11-22(35)12-14-23)28(15-20-7-9-21(34)10-8-20)30(41)37-27-6-4-5-26(36)29(27)46-19-25-16-38(31(42)43)24(17-40)18-45-25/h4-14,24-25,28,40H,15-19H2,1-3H3,(H,37,41)(H,42,43)/t24-,25+,28+/m1/s1. The second-order valence-electron chi connectivity index (χ2n) is 11.8. The van der Waals surface area contributed by atoms with Crippen LogP contribution in [-0.4, -0.2) is 83.4 Å². The number of carbonyl (C=O) groups excluding carboxylic acids is 2. The molecule has 1 aliphatic rings. The number of ether oxygens (including phenoxy) is 3. The summed E-state index contributed by atoms with van der Waals surface area (Å²) < 4.78 is 59.7. The van der Waals surface area contributed by atoms with Crippen molar-refractivity contribution in [3.05, 3.63) is 89.7 Å². The molecule has 0 saturated carbocycles. The number of amides is 3. The van der Waals surface area contributed by atoms with E-state index in [1.165, 1.54) is 48.5 Å². The first kappa shape index (κ1) is 35.0. The van der Waals surface area contributed by atoms with E-state index in [-0.39, 0.29) is 43.3 Å². The summed E-state index contributed by atoms with van der Waals surface area (Å²) in [6.07, 6.45) is -3.16. The van der Waals surface area contributed by atoms with Gasteiger partial charge in [0.25, 0.3) is 0 Å². The zero-order chi connectivity index (χ0) is 34.3. The summed E-state index contributed by atoms with van der Waals surface area (Å²) in [4.78, 5) is 41.4. The lowest BCUT2D eigenvalue weighted by Crippen LogP contribution is -2.54. The highest BCUT2D eigenvalue weighted by Crippen LogP contribution is 2.30. The quantitative estimate of drug-likeness (QED) is 0.270. The molecule has 4 rings (SSSR count). The van der Waals surface area contributed by atoms with Gasteiger partial charge in [-0.25, -0.2) is 22.8 Å². The van der Waals surface area contributed by atoms with E-state index in [1.54, 1.807) is 20.8 Å². The Morgan fingerprint density at radius 3 is 2.26 bits per heavy atom. The predicted octanol–water partition coefficient (Wildman–Crippen LogP) is 5.21. The number of nitrogens with zero attached hydrogens (tertiary/aromatic N) is 2. The third kappa shape index (κ3) is 9.36. The Morgan fingerprint density at radius 1 is 1.02 bits per heavy atom. The molecular weight excluding hydrogens is 623 g/mol. The van der Waals surface area contributed by atoms with Gasteiger partial charge in [-0.15, -0.1) is 0 Å². The summed E-state index contributed by atoms with van der Waals surface area (Å²) in [5, 5.41) is 21.5. The second kappa shape index (κ2) is 15.2. The fourth-order valence-electron chi connectivity index (χ4n) is 4.86. The number of aliphatic hydroxyl groups is 1. The third-order valence-corrected chi connectivity index (χ3v) is 7.11. The molecule has 0 unspecified atom stereocenters. The topological polar surface area (TPSA) is 138 Å². The lowest BCUT2D eigenvalue weighted by Gasteiger charge is -2.36. The van der Waals surface area contributed by atoms with Gasteiger partial charge in [0.05, 0.1) is 31.5 Å². The summed E-state index contributed by atoms with van der Waals surface area (Å²) in [6, 6.07) is 11.7. The molecule has 11 nitrogen and oxygen atoms in total. The van der Waals surface area contributed by atoms with Crippen LogP contribution in [0.4, 0.5) is 34.1 Å². The maximum atomic E-state index is 15.1. The maximum Gasteiger partial charge on any atom is 0.415 e. The Hall–Kier alpha value is -4.82. The lowest BCUT2D eigenvalue weighted by molar-refractivity contribution is -0.117. The minimum absolute atomic E-state index is 0.105. The molecule has 14 heteroatoms. The molecule has 3 aromatic carbocycles. The van der Waals surface area contributed by atoms with Crippen molar-refractivity contribution < 1.29 is 52.0 Å². The van der Waals surface area contributed by atoms with Gasteiger partial charge >= 0.3 is 12.2 Å². The predicted molar refractivity (Wildman–Crippen MR) is 165 cm³/mol. The van der Waals surface area contributed by atoms with Gasteiger partial charge in [-0.3, -0.25) is 14.6 Å². The minimum Gasteiger partial charge on any atom is -0.486 e. The van der Waals surface area contributed by atoms with Crippen molar-refractivity contribution in [2.24, 2.45) is 0 Å². The first-order chi connectivity index (χ1) is 22.3. The molecule has 1 aliphatic heterocycles. The number of hydrogen-bond acceptors (Lipinski definition) is 7. The van der Waals surface area contributed by atoms with E-state index < -0.39 is 65.9 Å². The normalized spacial score (nSPS) is 17.0. The lowest BCUT2D eigenvalue weighted by atomic mass is 10.0. The molecule has 0 aromatic heterocycles. The van der Waals surface area contributed by atoms with E-state index >= 15 is 4.39 Å². The highest BCUT2D eigenvalue weighted by atomic mass is 19.1. The first-order valence-electron chi connectivity index (χ1n) is 14.7. The van der Waals surface area contributed by atoms with Gasteiger partial charge in [-0.2, -0.15) is 0 Å². The second-order valence-corrected chi connectivity index (χ2v) is 11.8. The molecule has 0 bridgehead atoms. The molecule has 3 atom stereocenters. The van der Waals surface area contributed by atoms with Crippen molar-refractivity contribution in [2.75, 3.05) is 36.6 Å². The van der Waals surface area contributed by atoms with Crippen molar-refractivity contribution >= 4 is 29.5 Å². The van der Waals surface area contributed by atoms with Crippen LogP contribution in [0.25, 0.3) is 0 Å². The highest BCUT2D eigenvalue weighted by molar-refractivity contribution is 6.04. The number of carboxylic acid groups (broad SMARTS) is 1. The number of morpholine rings is 1. The van der Waals surface area contributed by atoms with E-state index in [4.69, 9.17) is 14.2 Å². The summed E-state index contributed by atoms with van der Waals surface area (Å²) in [5.41, 5.74) is -0.500.